The molecule has 0 spiro atoms. The van der Waals surface area contributed by atoms with Gasteiger partial charge in [0.05, 0.1) is 0 Å². The van der Waals surface area contributed by atoms with Gasteiger partial charge in [-0.25, -0.2) is 4.39 Å². The zero-order chi connectivity index (χ0) is 11.4. The molecule has 0 heterocycles. The second-order valence-electron chi connectivity index (χ2n) is 4.30. The van der Waals surface area contributed by atoms with Crippen LogP contribution in [0.3, 0.4) is 0 Å². The molecule has 0 saturated carbocycles. The molecular formula is C13H20FN. The largest absolute Gasteiger partial charge is 0.310 e. The summed E-state index contributed by atoms with van der Waals surface area (Å²) in [6.07, 6.45) is 0. The van der Waals surface area contributed by atoms with Crippen LogP contribution in [0, 0.1) is 18.7 Å². The van der Waals surface area contributed by atoms with Gasteiger partial charge in [-0.2, -0.15) is 0 Å². The maximum Gasteiger partial charge on any atom is 0.128 e. The minimum Gasteiger partial charge on any atom is -0.310 e. The number of aryl methyl sites for hydroxylation is 1. The Morgan fingerprint density at radius 3 is 2.53 bits per heavy atom. The summed E-state index contributed by atoms with van der Waals surface area (Å²) in [4.78, 5) is 0. The van der Waals surface area contributed by atoms with E-state index in [1.54, 1.807) is 6.07 Å². The minimum atomic E-state index is -0.111. The Bertz CT molecular complexity index is 320. The summed E-state index contributed by atoms with van der Waals surface area (Å²) in [7, 11) is 0. The first-order valence-corrected chi connectivity index (χ1v) is 5.55. The van der Waals surface area contributed by atoms with Crippen molar-refractivity contribution < 1.29 is 4.39 Å². The van der Waals surface area contributed by atoms with Crippen LogP contribution in [0.25, 0.3) is 0 Å². The van der Waals surface area contributed by atoms with Gasteiger partial charge < -0.3 is 5.32 Å². The van der Waals surface area contributed by atoms with Gasteiger partial charge in [0.1, 0.15) is 5.82 Å². The molecule has 1 aromatic carbocycles. The molecule has 1 N–H and O–H groups in total. The highest BCUT2D eigenvalue weighted by molar-refractivity contribution is 5.27. The molecule has 0 aromatic heterocycles. The van der Waals surface area contributed by atoms with Crippen LogP contribution in [0.15, 0.2) is 18.2 Å². The molecule has 0 radical (unpaired) electrons. The van der Waals surface area contributed by atoms with Gasteiger partial charge in [0.2, 0.25) is 0 Å². The molecule has 15 heavy (non-hydrogen) atoms. The zero-order valence-electron chi connectivity index (χ0n) is 9.97. The van der Waals surface area contributed by atoms with Crippen molar-refractivity contribution in [3.63, 3.8) is 0 Å². The summed E-state index contributed by atoms with van der Waals surface area (Å²) >= 11 is 0. The van der Waals surface area contributed by atoms with Crippen LogP contribution in [0.4, 0.5) is 4.39 Å². The van der Waals surface area contributed by atoms with E-state index >= 15 is 0 Å². The molecule has 0 aliphatic rings. The van der Waals surface area contributed by atoms with Crippen LogP contribution in [-0.4, -0.2) is 6.54 Å². The fourth-order valence-corrected chi connectivity index (χ4v) is 1.83. The first kappa shape index (κ1) is 12.2. The molecule has 1 atom stereocenters. The Balaban J connectivity index is 3.04. The molecular weight excluding hydrogens is 189 g/mol. The number of benzene rings is 1. The average molecular weight is 209 g/mol. The van der Waals surface area contributed by atoms with E-state index in [1.165, 1.54) is 0 Å². The Labute approximate surface area is 91.7 Å². The van der Waals surface area contributed by atoms with E-state index in [0.717, 1.165) is 17.7 Å². The Kier molecular flexibility index (Phi) is 4.28. The first-order chi connectivity index (χ1) is 7.06. The number of halogens is 1. The fraction of sp³-hybridized carbons (Fsp3) is 0.538. The molecule has 1 nitrogen and oxygen atoms in total. The second-order valence-corrected chi connectivity index (χ2v) is 4.30. The number of hydrogen-bond acceptors (Lipinski definition) is 1. The summed E-state index contributed by atoms with van der Waals surface area (Å²) in [5, 5.41) is 3.33. The van der Waals surface area contributed by atoms with Crippen molar-refractivity contribution in [1.29, 1.82) is 0 Å². The van der Waals surface area contributed by atoms with Gasteiger partial charge in [-0.3, -0.25) is 0 Å². The van der Waals surface area contributed by atoms with E-state index in [0.29, 0.717) is 5.92 Å². The van der Waals surface area contributed by atoms with Gasteiger partial charge in [0.15, 0.2) is 0 Å². The Morgan fingerprint density at radius 2 is 2.00 bits per heavy atom. The monoisotopic (exact) mass is 209 g/mol. The quantitative estimate of drug-likeness (QED) is 0.801. The molecule has 0 amide bonds. The molecule has 1 unspecified atom stereocenters. The lowest BCUT2D eigenvalue weighted by Gasteiger charge is -2.23. The predicted molar refractivity (Wildman–Crippen MR) is 62.4 cm³/mol. The summed E-state index contributed by atoms with van der Waals surface area (Å²) in [5.74, 6) is 0.279. The average Bonchev–Trinajstić information content (AvgIpc) is 2.18. The van der Waals surface area contributed by atoms with Crippen LogP contribution in [0.5, 0.6) is 0 Å². The number of nitrogens with one attached hydrogen (secondary N) is 1. The molecule has 0 fully saturated rings. The van der Waals surface area contributed by atoms with E-state index in [2.05, 4.69) is 19.2 Å². The van der Waals surface area contributed by atoms with Crippen molar-refractivity contribution in [3.8, 4) is 0 Å². The normalized spacial score (nSPS) is 13.2. The first-order valence-electron chi connectivity index (χ1n) is 5.55. The van der Waals surface area contributed by atoms with Gasteiger partial charge in [0.25, 0.3) is 0 Å². The van der Waals surface area contributed by atoms with Crippen LogP contribution < -0.4 is 5.32 Å². The summed E-state index contributed by atoms with van der Waals surface area (Å²) < 4.78 is 13.7. The third kappa shape index (κ3) is 3.03. The molecule has 1 aromatic rings. The molecule has 0 saturated heterocycles. The van der Waals surface area contributed by atoms with Gasteiger partial charge in [0, 0.05) is 11.6 Å². The fourth-order valence-electron chi connectivity index (χ4n) is 1.83. The van der Waals surface area contributed by atoms with Crippen LogP contribution in [0.2, 0.25) is 0 Å². The van der Waals surface area contributed by atoms with Crippen LogP contribution >= 0.6 is 0 Å². The minimum absolute atomic E-state index is 0.106. The predicted octanol–water partition coefficient (Wildman–Crippen LogP) is 3.44. The maximum absolute atomic E-state index is 13.7. The molecule has 2 heteroatoms. The summed E-state index contributed by atoms with van der Waals surface area (Å²) in [6, 6.07) is 5.40. The van der Waals surface area contributed by atoms with Gasteiger partial charge >= 0.3 is 0 Å². The third-order valence-electron chi connectivity index (χ3n) is 2.58. The lowest BCUT2D eigenvalue weighted by atomic mass is 9.94. The summed E-state index contributed by atoms with van der Waals surface area (Å²) in [6.45, 7) is 9.11. The van der Waals surface area contributed by atoms with Crippen molar-refractivity contribution >= 4 is 0 Å². The van der Waals surface area contributed by atoms with Crippen molar-refractivity contribution in [3.05, 3.63) is 35.1 Å². The SMILES string of the molecule is CCNC(c1cc(C)ccc1F)C(C)C. The number of hydrogen-bond donors (Lipinski definition) is 1. The van der Waals surface area contributed by atoms with E-state index in [1.807, 2.05) is 26.0 Å². The van der Waals surface area contributed by atoms with E-state index in [4.69, 9.17) is 0 Å². The zero-order valence-corrected chi connectivity index (χ0v) is 9.97. The van der Waals surface area contributed by atoms with E-state index < -0.39 is 0 Å². The standard InChI is InChI=1S/C13H20FN/c1-5-15-13(9(2)3)11-8-10(4)6-7-12(11)14/h6-9,13,15H,5H2,1-4H3. The van der Waals surface area contributed by atoms with Crippen LogP contribution in [-0.2, 0) is 0 Å². The molecule has 0 aliphatic carbocycles. The van der Waals surface area contributed by atoms with Crippen molar-refractivity contribution in [1.82, 2.24) is 5.32 Å². The summed E-state index contributed by atoms with van der Waals surface area (Å²) in [5.41, 5.74) is 1.89. The Morgan fingerprint density at radius 1 is 1.33 bits per heavy atom. The van der Waals surface area contributed by atoms with Crippen molar-refractivity contribution in [2.75, 3.05) is 6.54 Å². The highest BCUT2D eigenvalue weighted by atomic mass is 19.1. The molecule has 0 aliphatic heterocycles. The Hall–Kier alpha value is -0.890. The molecule has 0 bridgehead atoms. The topological polar surface area (TPSA) is 12.0 Å². The lowest BCUT2D eigenvalue weighted by molar-refractivity contribution is 0.405. The number of rotatable bonds is 4. The molecule has 1 rings (SSSR count). The van der Waals surface area contributed by atoms with E-state index in [9.17, 15) is 4.39 Å². The second kappa shape index (κ2) is 5.26. The highest BCUT2D eigenvalue weighted by Crippen LogP contribution is 2.24. The van der Waals surface area contributed by atoms with Gasteiger partial charge in [-0.05, 0) is 25.5 Å². The van der Waals surface area contributed by atoms with Crippen molar-refractivity contribution in [2.45, 2.75) is 33.7 Å². The smallest absolute Gasteiger partial charge is 0.128 e. The van der Waals surface area contributed by atoms with Crippen molar-refractivity contribution in [2.24, 2.45) is 5.92 Å². The van der Waals surface area contributed by atoms with E-state index in [-0.39, 0.29) is 11.9 Å². The maximum atomic E-state index is 13.7. The highest BCUT2D eigenvalue weighted by Gasteiger charge is 2.18. The molecule has 84 valence electrons. The lowest BCUT2D eigenvalue weighted by Crippen LogP contribution is -2.26. The van der Waals surface area contributed by atoms with Crippen LogP contribution in [0.1, 0.15) is 37.9 Å². The third-order valence-corrected chi connectivity index (χ3v) is 2.58. The van der Waals surface area contributed by atoms with Gasteiger partial charge in [-0.1, -0.05) is 38.5 Å². The van der Waals surface area contributed by atoms with Gasteiger partial charge in [-0.15, -0.1) is 0 Å².